The van der Waals surface area contributed by atoms with Crippen molar-refractivity contribution in [3.63, 3.8) is 0 Å². The highest BCUT2D eigenvalue weighted by molar-refractivity contribution is 5.79. The van der Waals surface area contributed by atoms with E-state index in [1.165, 1.54) is 9.13 Å². The number of hydrogen-bond acceptors (Lipinski definition) is 5. The Hall–Kier alpha value is -3.13. The number of aromatic nitrogens is 3. The predicted molar refractivity (Wildman–Crippen MR) is 101 cm³/mol. The molecule has 0 atom stereocenters. The number of carbonyl (C=O) groups is 1. The molecule has 0 aliphatic heterocycles. The van der Waals surface area contributed by atoms with Gasteiger partial charge in [-0.3, -0.25) is 13.9 Å². The third kappa shape index (κ3) is 4.17. The van der Waals surface area contributed by atoms with Gasteiger partial charge in [0.1, 0.15) is 12.3 Å². The van der Waals surface area contributed by atoms with Crippen LogP contribution in [0, 0.1) is 0 Å². The van der Waals surface area contributed by atoms with Gasteiger partial charge in [0.05, 0.1) is 25.8 Å². The summed E-state index contributed by atoms with van der Waals surface area (Å²) < 4.78 is 13.2. The van der Waals surface area contributed by atoms with Crippen molar-refractivity contribution in [1.29, 1.82) is 0 Å². The van der Waals surface area contributed by atoms with Crippen LogP contribution in [0.5, 0.6) is 5.75 Å². The summed E-state index contributed by atoms with van der Waals surface area (Å²) in [5.74, 6) is 0.472. The van der Waals surface area contributed by atoms with Gasteiger partial charge in [-0.2, -0.15) is 0 Å². The van der Waals surface area contributed by atoms with Gasteiger partial charge < -0.3 is 14.8 Å². The second-order valence-electron chi connectivity index (χ2n) is 5.99. The fourth-order valence-electron chi connectivity index (χ4n) is 2.87. The Bertz CT molecular complexity index is 993. The maximum atomic E-state index is 12.7. The normalized spacial score (nSPS) is 10.9. The van der Waals surface area contributed by atoms with E-state index in [0.717, 1.165) is 11.3 Å². The zero-order valence-electron chi connectivity index (χ0n) is 15.3. The van der Waals surface area contributed by atoms with Crippen LogP contribution < -0.4 is 15.7 Å². The Morgan fingerprint density at radius 1 is 1.19 bits per heavy atom. The van der Waals surface area contributed by atoms with Gasteiger partial charge in [-0.1, -0.05) is 12.1 Å². The molecule has 0 unspecified atom stereocenters. The number of benzene rings is 1. The summed E-state index contributed by atoms with van der Waals surface area (Å²) in [5, 5.41) is 2.83. The summed E-state index contributed by atoms with van der Waals surface area (Å²) in [6.07, 6.45) is 1.62. The van der Waals surface area contributed by atoms with Gasteiger partial charge in [-0.25, -0.2) is 9.78 Å². The topological polar surface area (TPSA) is 87.4 Å². The molecule has 1 amide bonds. The number of fused-ring (bicyclic) bond motifs is 1. The zero-order chi connectivity index (χ0) is 19.2. The lowest BCUT2D eigenvalue weighted by Gasteiger charge is -2.07. The highest BCUT2D eigenvalue weighted by Crippen LogP contribution is 2.12. The molecule has 27 heavy (non-hydrogen) atoms. The number of pyridine rings is 1. The Balaban J connectivity index is 1.76. The summed E-state index contributed by atoms with van der Waals surface area (Å²) in [4.78, 5) is 29.4. The lowest BCUT2D eigenvalue weighted by atomic mass is 10.2. The number of nitrogens with one attached hydrogen (secondary N) is 1. The van der Waals surface area contributed by atoms with Crippen molar-refractivity contribution in [3.8, 4) is 5.75 Å². The number of rotatable bonds is 8. The minimum atomic E-state index is -0.280. The largest absolute Gasteiger partial charge is 0.497 e. The highest BCUT2D eigenvalue weighted by Gasteiger charge is 2.16. The van der Waals surface area contributed by atoms with Gasteiger partial charge in [-0.15, -0.1) is 0 Å². The van der Waals surface area contributed by atoms with Gasteiger partial charge >= 0.3 is 5.69 Å². The van der Waals surface area contributed by atoms with Crippen molar-refractivity contribution >= 4 is 17.1 Å². The van der Waals surface area contributed by atoms with E-state index in [1.54, 1.807) is 32.5 Å². The summed E-state index contributed by atoms with van der Waals surface area (Å²) in [5.41, 5.74) is 1.80. The van der Waals surface area contributed by atoms with Crippen molar-refractivity contribution in [2.45, 2.75) is 19.6 Å². The molecule has 142 valence electrons. The fraction of sp³-hybridized carbons (Fsp3) is 0.316. The Kier molecular flexibility index (Phi) is 5.87. The first-order chi connectivity index (χ1) is 13.1. The maximum absolute atomic E-state index is 12.7. The molecule has 1 aromatic carbocycles. The van der Waals surface area contributed by atoms with Gasteiger partial charge in [0, 0.05) is 19.9 Å². The molecule has 0 aliphatic carbocycles. The maximum Gasteiger partial charge on any atom is 0.330 e. The van der Waals surface area contributed by atoms with Gasteiger partial charge in [-0.05, 0) is 29.8 Å². The van der Waals surface area contributed by atoms with Crippen LogP contribution in [-0.4, -0.2) is 40.9 Å². The molecule has 8 nitrogen and oxygen atoms in total. The molecule has 0 radical (unpaired) electrons. The lowest BCUT2D eigenvalue weighted by molar-refractivity contribution is -0.121. The number of methoxy groups -OCH3 is 2. The van der Waals surface area contributed by atoms with E-state index in [2.05, 4.69) is 10.3 Å². The summed E-state index contributed by atoms with van der Waals surface area (Å²) in [6, 6.07) is 11.0. The van der Waals surface area contributed by atoms with E-state index in [-0.39, 0.29) is 18.1 Å². The number of amides is 1. The third-order valence-electron chi connectivity index (χ3n) is 4.22. The molecule has 0 fully saturated rings. The van der Waals surface area contributed by atoms with Crippen LogP contribution in [0.3, 0.4) is 0 Å². The van der Waals surface area contributed by atoms with E-state index in [4.69, 9.17) is 9.47 Å². The number of hydrogen-bond donors (Lipinski definition) is 1. The van der Waals surface area contributed by atoms with Crippen LogP contribution >= 0.6 is 0 Å². The van der Waals surface area contributed by atoms with E-state index in [9.17, 15) is 9.59 Å². The first-order valence-electron chi connectivity index (χ1n) is 8.56. The van der Waals surface area contributed by atoms with E-state index in [1.807, 2.05) is 24.3 Å². The van der Waals surface area contributed by atoms with Crippen LogP contribution in [0.2, 0.25) is 0 Å². The van der Waals surface area contributed by atoms with Crippen LogP contribution in [0.15, 0.2) is 47.4 Å². The quantitative estimate of drug-likeness (QED) is 0.643. The summed E-state index contributed by atoms with van der Waals surface area (Å²) in [6.45, 7) is 1.04. The molecule has 8 heteroatoms. The number of imidazole rings is 1. The van der Waals surface area contributed by atoms with Crippen molar-refractivity contribution in [1.82, 2.24) is 19.4 Å². The first kappa shape index (κ1) is 18.7. The van der Waals surface area contributed by atoms with Crippen LogP contribution in [0.25, 0.3) is 11.2 Å². The fourth-order valence-corrected chi connectivity index (χ4v) is 2.87. The number of nitrogens with zero attached hydrogens (tertiary/aromatic N) is 3. The van der Waals surface area contributed by atoms with E-state index >= 15 is 0 Å². The molecule has 0 spiro atoms. The summed E-state index contributed by atoms with van der Waals surface area (Å²) in [7, 11) is 3.17. The molecule has 0 bridgehead atoms. The Morgan fingerprint density at radius 3 is 2.81 bits per heavy atom. The minimum Gasteiger partial charge on any atom is -0.497 e. The molecule has 0 saturated heterocycles. The van der Waals surface area contributed by atoms with E-state index < -0.39 is 0 Å². The SMILES string of the molecule is COCCn1c(=O)n(CC(=O)NCc2cccc(OC)c2)c2cccnc21. The van der Waals surface area contributed by atoms with E-state index in [0.29, 0.717) is 30.9 Å². The van der Waals surface area contributed by atoms with Gasteiger partial charge in [0.2, 0.25) is 5.91 Å². The average Bonchev–Trinajstić information content (AvgIpc) is 2.96. The van der Waals surface area contributed by atoms with Crippen molar-refractivity contribution in [2.75, 3.05) is 20.8 Å². The Labute approximate surface area is 156 Å². The van der Waals surface area contributed by atoms with Gasteiger partial charge in [0.25, 0.3) is 0 Å². The van der Waals surface area contributed by atoms with Crippen molar-refractivity contribution in [2.24, 2.45) is 0 Å². The number of carbonyl (C=O) groups excluding carboxylic acids is 1. The minimum absolute atomic E-state index is 0.0784. The monoisotopic (exact) mass is 370 g/mol. The molecular weight excluding hydrogens is 348 g/mol. The standard InChI is InChI=1S/C19H22N4O4/c1-26-10-9-22-18-16(7-4-8-20-18)23(19(22)25)13-17(24)21-12-14-5-3-6-15(11-14)27-2/h3-8,11H,9-10,12-13H2,1-2H3,(H,21,24). The molecule has 0 saturated carbocycles. The second-order valence-corrected chi connectivity index (χ2v) is 5.99. The predicted octanol–water partition coefficient (Wildman–Crippen LogP) is 1.17. The third-order valence-corrected chi connectivity index (χ3v) is 4.22. The molecule has 2 aromatic heterocycles. The first-order valence-corrected chi connectivity index (χ1v) is 8.56. The van der Waals surface area contributed by atoms with Crippen LogP contribution in [-0.2, 0) is 29.2 Å². The highest BCUT2D eigenvalue weighted by atomic mass is 16.5. The smallest absolute Gasteiger partial charge is 0.330 e. The van der Waals surface area contributed by atoms with Crippen molar-refractivity contribution in [3.05, 3.63) is 58.6 Å². The molecular formula is C19H22N4O4. The molecule has 0 aliphatic rings. The number of ether oxygens (including phenoxy) is 2. The van der Waals surface area contributed by atoms with Crippen LogP contribution in [0.4, 0.5) is 0 Å². The van der Waals surface area contributed by atoms with Gasteiger partial charge in [0.15, 0.2) is 5.65 Å². The Morgan fingerprint density at radius 2 is 2.04 bits per heavy atom. The average molecular weight is 370 g/mol. The van der Waals surface area contributed by atoms with Crippen molar-refractivity contribution < 1.29 is 14.3 Å². The molecule has 3 rings (SSSR count). The summed E-state index contributed by atoms with van der Waals surface area (Å²) >= 11 is 0. The molecule has 2 heterocycles. The van der Waals surface area contributed by atoms with Crippen LogP contribution in [0.1, 0.15) is 5.56 Å². The second kappa shape index (κ2) is 8.50. The molecule has 3 aromatic rings. The zero-order valence-corrected chi connectivity index (χ0v) is 15.3. The lowest BCUT2D eigenvalue weighted by Crippen LogP contribution is -2.33. The molecule has 1 N–H and O–H groups in total.